The zero-order valence-electron chi connectivity index (χ0n) is 12.4. The van der Waals surface area contributed by atoms with Crippen LogP contribution in [0.5, 0.6) is 5.88 Å². The third-order valence-corrected chi connectivity index (χ3v) is 4.02. The molecule has 22 heavy (non-hydrogen) atoms. The second kappa shape index (κ2) is 4.97. The van der Waals surface area contributed by atoms with Crippen LogP contribution in [0.25, 0.3) is 11.2 Å². The van der Waals surface area contributed by atoms with E-state index in [1.165, 1.54) is 12.8 Å². The number of anilines is 2. The van der Waals surface area contributed by atoms with E-state index in [1.807, 2.05) is 4.68 Å². The summed E-state index contributed by atoms with van der Waals surface area (Å²) in [7, 11) is 1.58. The SMILES string of the molecule is COc1cc(Nc2cnc3cnn([C@@H](C)C4CC4)c3n2)n[nH]1. The lowest BCUT2D eigenvalue weighted by atomic mass is 10.2. The van der Waals surface area contributed by atoms with Crippen molar-refractivity contribution in [1.82, 2.24) is 29.9 Å². The number of aromatic nitrogens is 6. The minimum Gasteiger partial charge on any atom is -0.481 e. The minimum atomic E-state index is 0.354. The summed E-state index contributed by atoms with van der Waals surface area (Å²) in [4.78, 5) is 9.04. The molecular formula is C14H17N7O. The van der Waals surface area contributed by atoms with Gasteiger partial charge in [-0.05, 0) is 25.7 Å². The molecule has 1 saturated carbocycles. The molecule has 1 fully saturated rings. The molecule has 8 heteroatoms. The fourth-order valence-corrected chi connectivity index (χ4v) is 2.56. The van der Waals surface area contributed by atoms with Crippen molar-refractivity contribution in [2.75, 3.05) is 12.4 Å². The molecule has 1 aliphatic rings. The number of methoxy groups -OCH3 is 1. The molecule has 0 aromatic carbocycles. The predicted octanol–water partition coefficient (Wildman–Crippen LogP) is 2.27. The number of H-pyrrole nitrogens is 1. The van der Waals surface area contributed by atoms with Crippen LogP contribution in [0, 0.1) is 5.92 Å². The summed E-state index contributed by atoms with van der Waals surface area (Å²) >= 11 is 0. The van der Waals surface area contributed by atoms with Crippen molar-refractivity contribution in [2.24, 2.45) is 5.92 Å². The Morgan fingerprint density at radius 3 is 2.95 bits per heavy atom. The summed E-state index contributed by atoms with van der Waals surface area (Å²) in [6, 6.07) is 2.11. The van der Waals surface area contributed by atoms with Crippen LogP contribution in [-0.2, 0) is 0 Å². The molecule has 0 spiro atoms. The van der Waals surface area contributed by atoms with Gasteiger partial charge >= 0.3 is 0 Å². The lowest BCUT2D eigenvalue weighted by molar-refractivity contribution is 0.397. The highest BCUT2D eigenvalue weighted by molar-refractivity contribution is 5.72. The molecular weight excluding hydrogens is 282 g/mol. The molecule has 3 heterocycles. The third-order valence-electron chi connectivity index (χ3n) is 4.02. The van der Waals surface area contributed by atoms with E-state index < -0.39 is 0 Å². The van der Waals surface area contributed by atoms with Gasteiger partial charge in [0.1, 0.15) is 5.52 Å². The molecule has 1 atom stereocenters. The maximum absolute atomic E-state index is 5.07. The van der Waals surface area contributed by atoms with Gasteiger partial charge in [-0.3, -0.25) is 0 Å². The first-order chi connectivity index (χ1) is 10.7. The summed E-state index contributed by atoms with van der Waals surface area (Å²) in [6.07, 6.45) is 5.97. The highest BCUT2D eigenvalue weighted by Crippen LogP contribution is 2.39. The van der Waals surface area contributed by atoms with Gasteiger partial charge in [0, 0.05) is 6.07 Å². The van der Waals surface area contributed by atoms with E-state index in [2.05, 4.69) is 37.5 Å². The van der Waals surface area contributed by atoms with Crippen molar-refractivity contribution in [2.45, 2.75) is 25.8 Å². The lowest BCUT2D eigenvalue weighted by Gasteiger charge is -2.11. The average Bonchev–Trinajstić information content (AvgIpc) is 3.15. The molecule has 2 N–H and O–H groups in total. The largest absolute Gasteiger partial charge is 0.481 e. The fraction of sp³-hybridized carbons (Fsp3) is 0.429. The van der Waals surface area contributed by atoms with Crippen LogP contribution in [0.15, 0.2) is 18.5 Å². The Labute approximate surface area is 126 Å². The number of hydrogen-bond acceptors (Lipinski definition) is 6. The van der Waals surface area contributed by atoms with Gasteiger partial charge in [0.15, 0.2) is 17.3 Å². The second-order valence-electron chi connectivity index (χ2n) is 5.58. The van der Waals surface area contributed by atoms with E-state index in [4.69, 9.17) is 4.74 Å². The summed E-state index contributed by atoms with van der Waals surface area (Å²) < 4.78 is 7.03. The molecule has 0 aliphatic heterocycles. The molecule has 0 bridgehead atoms. The maximum atomic E-state index is 5.07. The average molecular weight is 299 g/mol. The highest BCUT2D eigenvalue weighted by atomic mass is 16.5. The first-order valence-electron chi connectivity index (χ1n) is 7.31. The van der Waals surface area contributed by atoms with Crippen molar-refractivity contribution < 1.29 is 4.74 Å². The van der Waals surface area contributed by atoms with E-state index >= 15 is 0 Å². The van der Waals surface area contributed by atoms with Crippen LogP contribution >= 0.6 is 0 Å². The number of hydrogen-bond donors (Lipinski definition) is 2. The Bertz CT molecular complexity index is 804. The number of nitrogens with one attached hydrogen (secondary N) is 2. The standard InChI is InChI=1S/C14H17N7O/c1-8(9-3-4-9)21-14-10(6-16-21)15-7-12(18-14)17-11-5-13(22-2)20-19-11/h5-9H,3-4H2,1-2H3,(H2,17,18,19,20)/t8-/m0/s1. The van der Waals surface area contributed by atoms with Crippen molar-refractivity contribution in [3.05, 3.63) is 18.5 Å². The number of ether oxygens (including phenoxy) is 1. The van der Waals surface area contributed by atoms with Crippen molar-refractivity contribution >= 4 is 22.8 Å². The summed E-state index contributed by atoms with van der Waals surface area (Å²) in [5.41, 5.74) is 1.60. The lowest BCUT2D eigenvalue weighted by Crippen LogP contribution is -2.10. The molecule has 8 nitrogen and oxygen atoms in total. The zero-order valence-corrected chi connectivity index (χ0v) is 12.4. The van der Waals surface area contributed by atoms with Crippen molar-refractivity contribution in [1.29, 1.82) is 0 Å². The van der Waals surface area contributed by atoms with Gasteiger partial charge in [-0.15, -0.1) is 0 Å². The number of rotatable bonds is 5. The summed E-state index contributed by atoms with van der Waals surface area (Å²) in [6.45, 7) is 2.18. The van der Waals surface area contributed by atoms with Crippen molar-refractivity contribution in [3.8, 4) is 5.88 Å². The Morgan fingerprint density at radius 1 is 1.36 bits per heavy atom. The highest BCUT2D eigenvalue weighted by Gasteiger charge is 2.30. The monoisotopic (exact) mass is 299 g/mol. The van der Waals surface area contributed by atoms with Gasteiger partial charge in [-0.25, -0.2) is 19.7 Å². The number of nitrogens with zero attached hydrogens (tertiary/aromatic N) is 5. The Hall–Kier alpha value is -2.64. The van der Waals surface area contributed by atoms with E-state index in [9.17, 15) is 0 Å². The zero-order chi connectivity index (χ0) is 15.1. The first kappa shape index (κ1) is 13.1. The van der Waals surface area contributed by atoms with Crippen molar-refractivity contribution in [3.63, 3.8) is 0 Å². The molecule has 0 radical (unpaired) electrons. The summed E-state index contributed by atoms with van der Waals surface area (Å²) in [5, 5.41) is 14.4. The Morgan fingerprint density at radius 2 is 2.23 bits per heavy atom. The second-order valence-corrected chi connectivity index (χ2v) is 5.58. The van der Waals surface area contributed by atoms with Gasteiger partial charge in [0.05, 0.1) is 25.5 Å². The predicted molar refractivity (Wildman–Crippen MR) is 81.2 cm³/mol. The smallest absolute Gasteiger partial charge is 0.210 e. The maximum Gasteiger partial charge on any atom is 0.210 e. The molecule has 0 amide bonds. The van der Waals surface area contributed by atoms with E-state index in [-0.39, 0.29) is 0 Å². The van der Waals surface area contributed by atoms with Gasteiger partial charge in [-0.2, -0.15) is 10.2 Å². The normalized spacial score (nSPS) is 15.9. The van der Waals surface area contributed by atoms with Crippen LogP contribution in [-0.4, -0.2) is 37.1 Å². The minimum absolute atomic E-state index is 0.354. The molecule has 3 aromatic heterocycles. The quantitative estimate of drug-likeness (QED) is 0.750. The van der Waals surface area contributed by atoms with E-state index in [1.54, 1.807) is 25.6 Å². The van der Waals surface area contributed by atoms with E-state index in [0.717, 1.165) is 11.2 Å². The number of fused-ring (bicyclic) bond motifs is 1. The Balaban J connectivity index is 1.65. The van der Waals surface area contributed by atoms with Gasteiger partial charge in [0.2, 0.25) is 5.88 Å². The van der Waals surface area contributed by atoms with Crippen LogP contribution in [0.4, 0.5) is 11.6 Å². The molecule has 3 aromatic rings. The van der Waals surface area contributed by atoms with Crippen LogP contribution < -0.4 is 10.1 Å². The molecule has 114 valence electrons. The Kier molecular flexibility index (Phi) is 2.95. The van der Waals surface area contributed by atoms with Gasteiger partial charge < -0.3 is 10.1 Å². The molecule has 0 unspecified atom stereocenters. The van der Waals surface area contributed by atoms with Crippen LogP contribution in [0.2, 0.25) is 0 Å². The molecule has 4 rings (SSSR count). The molecule has 0 saturated heterocycles. The van der Waals surface area contributed by atoms with Crippen LogP contribution in [0.3, 0.4) is 0 Å². The van der Waals surface area contributed by atoms with Gasteiger partial charge in [0.25, 0.3) is 0 Å². The molecule has 1 aliphatic carbocycles. The third kappa shape index (κ3) is 2.26. The topological polar surface area (TPSA) is 93.5 Å². The number of aromatic amines is 1. The van der Waals surface area contributed by atoms with Gasteiger partial charge in [-0.1, -0.05) is 0 Å². The van der Waals surface area contributed by atoms with E-state index in [0.29, 0.717) is 29.5 Å². The summed E-state index contributed by atoms with van der Waals surface area (Å²) in [5.74, 6) is 2.55. The van der Waals surface area contributed by atoms with Crippen LogP contribution in [0.1, 0.15) is 25.8 Å². The fourth-order valence-electron chi connectivity index (χ4n) is 2.56. The first-order valence-corrected chi connectivity index (χ1v) is 7.31.